The number of hydrogen-bond acceptors (Lipinski definition) is 5. The van der Waals surface area contributed by atoms with Gasteiger partial charge in [0.2, 0.25) is 10.0 Å². The predicted octanol–water partition coefficient (Wildman–Crippen LogP) is 0.375. The summed E-state index contributed by atoms with van der Waals surface area (Å²) in [5.74, 6) is -1.02. The zero-order valence-electron chi connectivity index (χ0n) is 11.6. The second-order valence-electron chi connectivity index (χ2n) is 5.45. The SMILES string of the molecule is CC1(O)CCN(S(=O)(=O)c2cc(S(C)(=O)=O)ccc2F)C1. The summed E-state index contributed by atoms with van der Waals surface area (Å²) in [5.41, 5.74) is -1.17. The number of β-amino-alcohol motifs (C(OH)–C–C–N with tert-alkyl or cyclic N) is 1. The zero-order chi connectivity index (χ0) is 16.1. The van der Waals surface area contributed by atoms with Crippen molar-refractivity contribution in [3.8, 4) is 0 Å². The Labute approximate surface area is 123 Å². The molecule has 1 aliphatic rings. The summed E-state index contributed by atoms with van der Waals surface area (Å²) in [6, 6.07) is 2.65. The molecule has 118 valence electrons. The number of aliphatic hydroxyl groups is 1. The van der Waals surface area contributed by atoms with Crippen LogP contribution < -0.4 is 0 Å². The number of sulfonamides is 1. The molecule has 1 aromatic rings. The molecule has 9 heteroatoms. The van der Waals surface area contributed by atoms with E-state index in [9.17, 15) is 26.3 Å². The van der Waals surface area contributed by atoms with E-state index in [2.05, 4.69) is 0 Å². The summed E-state index contributed by atoms with van der Waals surface area (Å²) in [5, 5.41) is 9.83. The highest BCUT2D eigenvalue weighted by atomic mass is 32.2. The average Bonchev–Trinajstić information content (AvgIpc) is 2.69. The molecule has 1 saturated heterocycles. The van der Waals surface area contributed by atoms with Gasteiger partial charge in [-0.1, -0.05) is 0 Å². The first-order valence-corrected chi connectivity index (χ1v) is 9.49. The van der Waals surface area contributed by atoms with E-state index in [1.54, 1.807) is 0 Å². The maximum absolute atomic E-state index is 13.8. The fourth-order valence-corrected chi connectivity index (χ4v) is 4.53. The molecule has 2 rings (SSSR count). The van der Waals surface area contributed by atoms with Crippen LogP contribution in [-0.2, 0) is 19.9 Å². The number of hydrogen-bond donors (Lipinski definition) is 1. The van der Waals surface area contributed by atoms with Crippen LogP contribution in [0.25, 0.3) is 0 Å². The van der Waals surface area contributed by atoms with Gasteiger partial charge in [0.25, 0.3) is 0 Å². The van der Waals surface area contributed by atoms with Gasteiger partial charge >= 0.3 is 0 Å². The molecule has 0 aromatic heterocycles. The Morgan fingerprint density at radius 3 is 2.38 bits per heavy atom. The molecular weight excluding hydrogens is 321 g/mol. The molecule has 0 spiro atoms. The maximum atomic E-state index is 13.8. The molecule has 6 nitrogen and oxygen atoms in total. The molecule has 0 bridgehead atoms. The number of rotatable bonds is 3. The van der Waals surface area contributed by atoms with Gasteiger partial charge in [-0.3, -0.25) is 0 Å². The summed E-state index contributed by atoms with van der Waals surface area (Å²) in [6.45, 7) is 1.39. The van der Waals surface area contributed by atoms with Crippen molar-refractivity contribution in [3.05, 3.63) is 24.0 Å². The van der Waals surface area contributed by atoms with Crippen LogP contribution in [0.5, 0.6) is 0 Å². The zero-order valence-corrected chi connectivity index (χ0v) is 13.2. The normalized spacial score (nSPS) is 24.4. The molecule has 1 N–H and O–H groups in total. The van der Waals surface area contributed by atoms with Crippen molar-refractivity contribution in [2.24, 2.45) is 0 Å². The third kappa shape index (κ3) is 3.25. The van der Waals surface area contributed by atoms with Gasteiger partial charge in [-0.15, -0.1) is 0 Å². The minimum atomic E-state index is -4.19. The first-order valence-electron chi connectivity index (χ1n) is 6.16. The summed E-state index contributed by atoms with van der Waals surface area (Å²) in [4.78, 5) is -0.962. The topological polar surface area (TPSA) is 91.8 Å². The Morgan fingerprint density at radius 1 is 1.29 bits per heavy atom. The Morgan fingerprint density at radius 2 is 1.90 bits per heavy atom. The van der Waals surface area contributed by atoms with Crippen LogP contribution in [0, 0.1) is 5.82 Å². The molecule has 0 radical (unpaired) electrons. The van der Waals surface area contributed by atoms with E-state index in [0.29, 0.717) is 0 Å². The second-order valence-corrected chi connectivity index (χ2v) is 9.37. The van der Waals surface area contributed by atoms with Crippen LogP contribution >= 0.6 is 0 Å². The van der Waals surface area contributed by atoms with E-state index in [1.807, 2.05) is 0 Å². The van der Waals surface area contributed by atoms with Crippen LogP contribution in [0.15, 0.2) is 28.0 Å². The minimum Gasteiger partial charge on any atom is -0.389 e. The maximum Gasteiger partial charge on any atom is 0.246 e. The van der Waals surface area contributed by atoms with Crippen molar-refractivity contribution >= 4 is 19.9 Å². The highest BCUT2D eigenvalue weighted by Gasteiger charge is 2.39. The Hall–Kier alpha value is -1.03. The Bertz CT molecular complexity index is 771. The number of halogens is 1. The van der Waals surface area contributed by atoms with Gasteiger partial charge in [0.05, 0.1) is 10.5 Å². The van der Waals surface area contributed by atoms with Crippen LogP contribution in [0.2, 0.25) is 0 Å². The Balaban J connectivity index is 2.51. The molecule has 1 atom stereocenters. The first kappa shape index (κ1) is 16.3. The second kappa shape index (κ2) is 5.01. The lowest BCUT2D eigenvalue weighted by atomic mass is 10.1. The lowest BCUT2D eigenvalue weighted by molar-refractivity contribution is 0.0762. The molecule has 1 fully saturated rings. The molecule has 0 amide bonds. The van der Waals surface area contributed by atoms with Gasteiger partial charge in [0.1, 0.15) is 10.7 Å². The van der Waals surface area contributed by atoms with Crippen LogP contribution in [0.4, 0.5) is 4.39 Å². The van der Waals surface area contributed by atoms with Gasteiger partial charge in [0, 0.05) is 19.3 Å². The summed E-state index contributed by atoms with van der Waals surface area (Å²) >= 11 is 0. The Kier molecular flexibility index (Phi) is 3.90. The number of nitrogens with zero attached hydrogens (tertiary/aromatic N) is 1. The fraction of sp³-hybridized carbons (Fsp3) is 0.500. The molecule has 21 heavy (non-hydrogen) atoms. The van der Waals surface area contributed by atoms with Crippen molar-refractivity contribution in [2.45, 2.75) is 28.7 Å². The lowest BCUT2D eigenvalue weighted by Crippen LogP contribution is -2.34. The third-order valence-electron chi connectivity index (χ3n) is 3.37. The summed E-state index contributed by atoms with van der Waals surface area (Å²) < 4.78 is 62.6. The van der Waals surface area contributed by atoms with Crippen molar-refractivity contribution in [1.29, 1.82) is 0 Å². The number of sulfone groups is 1. The van der Waals surface area contributed by atoms with Crippen molar-refractivity contribution in [3.63, 3.8) is 0 Å². The minimum absolute atomic E-state index is 0.0534. The van der Waals surface area contributed by atoms with Crippen LogP contribution in [-0.4, -0.2) is 51.2 Å². The lowest BCUT2D eigenvalue weighted by Gasteiger charge is -2.19. The van der Waals surface area contributed by atoms with Gasteiger partial charge in [0.15, 0.2) is 9.84 Å². The molecule has 0 aliphatic carbocycles. The standard InChI is InChI=1S/C12H16FNO5S2/c1-12(15)5-6-14(8-12)21(18,19)11-7-9(20(2,16)17)3-4-10(11)13/h3-4,7,15H,5-6,8H2,1-2H3. The average molecular weight is 337 g/mol. The highest BCUT2D eigenvalue weighted by Crippen LogP contribution is 2.29. The van der Waals surface area contributed by atoms with Gasteiger partial charge < -0.3 is 5.11 Å². The van der Waals surface area contributed by atoms with Crippen LogP contribution in [0.1, 0.15) is 13.3 Å². The quantitative estimate of drug-likeness (QED) is 0.805. The molecular formula is C12H16FNO5S2. The molecule has 0 saturated carbocycles. The summed E-state index contributed by atoms with van der Waals surface area (Å²) in [6.07, 6.45) is 1.15. The molecule has 1 unspecified atom stereocenters. The third-order valence-corrected chi connectivity index (χ3v) is 6.34. The highest BCUT2D eigenvalue weighted by molar-refractivity contribution is 7.91. The van der Waals surface area contributed by atoms with E-state index in [1.165, 1.54) is 6.92 Å². The summed E-state index contributed by atoms with van der Waals surface area (Å²) in [7, 11) is -7.84. The van der Waals surface area contributed by atoms with Crippen molar-refractivity contribution < 1.29 is 26.3 Å². The van der Waals surface area contributed by atoms with E-state index in [0.717, 1.165) is 28.8 Å². The van der Waals surface area contributed by atoms with E-state index in [4.69, 9.17) is 0 Å². The fourth-order valence-electron chi connectivity index (χ4n) is 2.16. The predicted molar refractivity (Wildman–Crippen MR) is 73.5 cm³/mol. The van der Waals surface area contributed by atoms with E-state index >= 15 is 0 Å². The van der Waals surface area contributed by atoms with Crippen molar-refractivity contribution in [2.75, 3.05) is 19.3 Å². The van der Waals surface area contributed by atoms with Crippen molar-refractivity contribution in [1.82, 2.24) is 4.31 Å². The molecule has 1 aromatic carbocycles. The molecule has 1 heterocycles. The number of benzene rings is 1. The molecule has 1 aliphatic heterocycles. The van der Waals surface area contributed by atoms with Gasteiger partial charge in [-0.2, -0.15) is 4.31 Å². The van der Waals surface area contributed by atoms with Gasteiger partial charge in [-0.05, 0) is 31.5 Å². The first-order chi connectivity index (χ1) is 9.43. The van der Waals surface area contributed by atoms with E-state index in [-0.39, 0.29) is 24.4 Å². The van der Waals surface area contributed by atoms with Crippen LogP contribution in [0.3, 0.4) is 0 Å². The van der Waals surface area contributed by atoms with E-state index < -0.39 is 36.2 Å². The largest absolute Gasteiger partial charge is 0.389 e. The van der Waals surface area contributed by atoms with Gasteiger partial charge in [-0.25, -0.2) is 21.2 Å². The monoisotopic (exact) mass is 337 g/mol. The smallest absolute Gasteiger partial charge is 0.246 e.